The van der Waals surface area contributed by atoms with Crippen molar-refractivity contribution in [2.45, 2.75) is 26.3 Å². The molecule has 0 aliphatic carbocycles. The van der Waals surface area contributed by atoms with Gasteiger partial charge in [0.05, 0.1) is 0 Å². The van der Waals surface area contributed by atoms with E-state index in [0.717, 1.165) is 4.47 Å². The summed E-state index contributed by atoms with van der Waals surface area (Å²) in [4.78, 5) is 1.22. The molecular weight excluding hydrogens is 222 g/mol. The van der Waals surface area contributed by atoms with Gasteiger partial charge in [-0.25, -0.2) is 0 Å². The first-order valence-electron chi connectivity index (χ1n) is 3.46. The fraction of sp³-hybridized carbons (Fsp3) is 0.500. The van der Waals surface area contributed by atoms with Crippen LogP contribution in [0.4, 0.5) is 0 Å². The Labute approximate surface area is 79.7 Å². The van der Waals surface area contributed by atoms with E-state index in [9.17, 15) is 0 Å². The fourth-order valence-corrected chi connectivity index (χ4v) is 2.90. The third-order valence-electron chi connectivity index (χ3n) is 1.48. The quantitative estimate of drug-likeness (QED) is 0.794. The molecule has 0 aliphatic rings. The zero-order chi connectivity index (χ0) is 8.65. The summed E-state index contributed by atoms with van der Waals surface area (Å²) < 4.78 is 1.16. The van der Waals surface area contributed by atoms with Gasteiger partial charge < -0.3 is 5.73 Å². The molecule has 62 valence electrons. The summed E-state index contributed by atoms with van der Waals surface area (Å²) in [6.45, 7) is 6.11. The van der Waals surface area contributed by atoms with Gasteiger partial charge in [0.15, 0.2) is 0 Å². The van der Waals surface area contributed by atoms with Crippen molar-refractivity contribution in [1.82, 2.24) is 0 Å². The number of aryl methyl sites for hydroxylation is 1. The van der Waals surface area contributed by atoms with E-state index < -0.39 is 0 Å². The van der Waals surface area contributed by atoms with Crippen molar-refractivity contribution in [2.75, 3.05) is 0 Å². The molecule has 0 saturated carbocycles. The molecule has 0 saturated heterocycles. The number of hydrogen-bond acceptors (Lipinski definition) is 2. The molecule has 0 aliphatic heterocycles. The lowest BCUT2D eigenvalue weighted by atomic mass is 10.0. The van der Waals surface area contributed by atoms with E-state index in [4.69, 9.17) is 5.73 Å². The first kappa shape index (κ1) is 9.23. The van der Waals surface area contributed by atoms with Crippen LogP contribution in [0.2, 0.25) is 0 Å². The van der Waals surface area contributed by atoms with E-state index in [2.05, 4.69) is 28.2 Å². The molecule has 1 aromatic rings. The lowest BCUT2D eigenvalue weighted by molar-refractivity contribution is 0.564. The standard InChI is InChI=1S/C8H12BrNS/c1-5-4-11-7(6(5)9)8(2,3)10/h4H,10H2,1-3H3. The largest absolute Gasteiger partial charge is 0.321 e. The Hall–Kier alpha value is 0.140. The van der Waals surface area contributed by atoms with Gasteiger partial charge in [0.25, 0.3) is 0 Å². The summed E-state index contributed by atoms with van der Waals surface area (Å²) in [5.74, 6) is 0. The molecule has 11 heavy (non-hydrogen) atoms. The summed E-state index contributed by atoms with van der Waals surface area (Å²) >= 11 is 5.23. The first-order chi connectivity index (χ1) is 4.93. The van der Waals surface area contributed by atoms with E-state index in [1.165, 1.54) is 10.4 Å². The van der Waals surface area contributed by atoms with Crippen molar-refractivity contribution in [2.24, 2.45) is 5.73 Å². The van der Waals surface area contributed by atoms with Crippen LogP contribution in [0.25, 0.3) is 0 Å². The highest BCUT2D eigenvalue weighted by Crippen LogP contribution is 2.34. The van der Waals surface area contributed by atoms with Gasteiger partial charge in [0, 0.05) is 14.9 Å². The van der Waals surface area contributed by atoms with E-state index in [-0.39, 0.29) is 5.54 Å². The Bertz CT molecular complexity index is 260. The Morgan fingerprint density at radius 1 is 1.55 bits per heavy atom. The fourth-order valence-electron chi connectivity index (χ4n) is 0.865. The second-order valence-corrected chi connectivity index (χ2v) is 4.96. The third-order valence-corrected chi connectivity index (χ3v) is 4.21. The molecule has 0 amide bonds. The van der Waals surface area contributed by atoms with Gasteiger partial charge in [-0.2, -0.15) is 0 Å². The Morgan fingerprint density at radius 2 is 2.09 bits per heavy atom. The van der Waals surface area contributed by atoms with Gasteiger partial charge in [-0.3, -0.25) is 0 Å². The van der Waals surface area contributed by atoms with Crippen molar-refractivity contribution >= 4 is 27.3 Å². The zero-order valence-corrected chi connectivity index (χ0v) is 9.34. The molecule has 0 spiro atoms. The van der Waals surface area contributed by atoms with Gasteiger partial charge in [-0.15, -0.1) is 11.3 Å². The molecular formula is C8H12BrNS. The van der Waals surface area contributed by atoms with Crippen LogP contribution < -0.4 is 5.73 Å². The molecule has 0 unspecified atom stereocenters. The van der Waals surface area contributed by atoms with Crippen LogP contribution in [-0.4, -0.2) is 0 Å². The van der Waals surface area contributed by atoms with Gasteiger partial charge in [0.2, 0.25) is 0 Å². The predicted molar refractivity (Wildman–Crippen MR) is 54.0 cm³/mol. The molecule has 1 nitrogen and oxygen atoms in total. The molecule has 0 aromatic carbocycles. The normalized spacial score (nSPS) is 12.1. The lowest BCUT2D eigenvalue weighted by Crippen LogP contribution is -2.27. The van der Waals surface area contributed by atoms with Crippen molar-refractivity contribution in [1.29, 1.82) is 0 Å². The van der Waals surface area contributed by atoms with Gasteiger partial charge in [0.1, 0.15) is 0 Å². The summed E-state index contributed by atoms with van der Waals surface area (Å²) in [5.41, 5.74) is 6.99. The minimum absolute atomic E-state index is 0.224. The number of hydrogen-bond donors (Lipinski definition) is 1. The van der Waals surface area contributed by atoms with E-state index in [0.29, 0.717) is 0 Å². The van der Waals surface area contributed by atoms with Crippen LogP contribution in [0.1, 0.15) is 24.3 Å². The summed E-state index contributed by atoms with van der Waals surface area (Å²) in [6, 6.07) is 0. The van der Waals surface area contributed by atoms with Crippen LogP contribution in [0.15, 0.2) is 9.85 Å². The molecule has 2 N–H and O–H groups in total. The Kier molecular flexibility index (Phi) is 2.42. The van der Waals surface area contributed by atoms with Crippen LogP contribution >= 0.6 is 27.3 Å². The van der Waals surface area contributed by atoms with E-state index in [1.807, 2.05) is 13.8 Å². The zero-order valence-electron chi connectivity index (χ0n) is 6.94. The molecule has 1 heterocycles. The van der Waals surface area contributed by atoms with Gasteiger partial charge in [-0.05, 0) is 47.6 Å². The summed E-state index contributed by atoms with van der Waals surface area (Å²) in [5, 5.41) is 2.12. The smallest absolute Gasteiger partial charge is 0.0458 e. The first-order valence-corrected chi connectivity index (χ1v) is 5.13. The monoisotopic (exact) mass is 233 g/mol. The maximum absolute atomic E-state index is 5.95. The number of thiophene rings is 1. The highest BCUT2D eigenvalue weighted by atomic mass is 79.9. The summed E-state index contributed by atoms with van der Waals surface area (Å²) in [7, 11) is 0. The van der Waals surface area contributed by atoms with E-state index in [1.54, 1.807) is 11.3 Å². The topological polar surface area (TPSA) is 26.0 Å². The Morgan fingerprint density at radius 3 is 2.27 bits per heavy atom. The maximum atomic E-state index is 5.95. The van der Waals surface area contributed by atoms with Gasteiger partial charge >= 0.3 is 0 Å². The molecule has 1 aromatic heterocycles. The van der Waals surface area contributed by atoms with Crippen molar-refractivity contribution in [3.05, 3.63) is 20.3 Å². The predicted octanol–water partition coefficient (Wildman–Crippen LogP) is 3.01. The van der Waals surface area contributed by atoms with Gasteiger partial charge in [-0.1, -0.05) is 0 Å². The van der Waals surface area contributed by atoms with Crippen LogP contribution in [0.5, 0.6) is 0 Å². The SMILES string of the molecule is Cc1csc(C(C)(C)N)c1Br. The molecule has 0 fully saturated rings. The molecule has 0 atom stereocenters. The van der Waals surface area contributed by atoms with Crippen molar-refractivity contribution < 1.29 is 0 Å². The average molecular weight is 234 g/mol. The van der Waals surface area contributed by atoms with Crippen LogP contribution in [0, 0.1) is 6.92 Å². The minimum atomic E-state index is -0.224. The average Bonchev–Trinajstić information content (AvgIpc) is 2.11. The highest BCUT2D eigenvalue weighted by molar-refractivity contribution is 9.10. The third kappa shape index (κ3) is 1.83. The maximum Gasteiger partial charge on any atom is 0.0458 e. The molecule has 3 heteroatoms. The number of halogens is 1. The summed E-state index contributed by atoms with van der Waals surface area (Å²) in [6.07, 6.45) is 0. The minimum Gasteiger partial charge on any atom is -0.321 e. The number of nitrogens with two attached hydrogens (primary N) is 1. The molecule has 0 radical (unpaired) electrons. The lowest BCUT2D eigenvalue weighted by Gasteiger charge is -2.17. The van der Waals surface area contributed by atoms with Crippen LogP contribution in [-0.2, 0) is 5.54 Å². The van der Waals surface area contributed by atoms with Crippen molar-refractivity contribution in [3.8, 4) is 0 Å². The second kappa shape index (κ2) is 2.88. The van der Waals surface area contributed by atoms with E-state index >= 15 is 0 Å². The second-order valence-electron chi connectivity index (χ2n) is 3.28. The highest BCUT2D eigenvalue weighted by Gasteiger charge is 2.20. The van der Waals surface area contributed by atoms with Crippen molar-refractivity contribution in [3.63, 3.8) is 0 Å². The van der Waals surface area contributed by atoms with Crippen LogP contribution in [0.3, 0.4) is 0 Å². The number of rotatable bonds is 1. The molecule has 1 rings (SSSR count). The molecule has 0 bridgehead atoms. The Balaban J connectivity index is 3.15.